The Morgan fingerprint density at radius 2 is 1.00 bits per heavy atom. The molecule has 0 heterocycles. The molecule has 136 valence electrons. The number of rotatable bonds is 1. The minimum absolute atomic E-state index is 1.28. The van der Waals surface area contributed by atoms with Crippen molar-refractivity contribution >= 4 is 43.1 Å². The van der Waals surface area contributed by atoms with Crippen molar-refractivity contribution in [3.8, 4) is 11.1 Å². The summed E-state index contributed by atoms with van der Waals surface area (Å²) in [6.07, 6.45) is 0. The first-order chi connectivity index (χ1) is 14.3. The van der Waals surface area contributed by atoms with Crippen molar-refractivity contribution < 1.29 is 0 Å². The summed E-state index contributed by atoms with van der Waals surface area (Å²) in [5, 5.41) is 10.6. The second-order valence-corrected chi connectivity index (χ2v) is 7.78. The molecule has 0 N–H and O–H groups in total. The molecule has 0 unspecified atom stereocenters. The van der Waals surface area contributed by atoms with Gasteiger partial charge in [0.15, 0.2) is 0 Å². The Bertz CT molecular complexity index is 1550. The van der Waals surface area contributed by atoms with Crippen molar-refractivity contribution in [1.82, 2.24) is 0 Å². The van der Waals surface area contributed by atoms with Crippen LogP contribution in [-0.2, 0) is 0 Å². The lowest BCUT2D eigenvalue weighted by Crippen LogP contribution is -1.91. The Kier molecular flexibility index (Phi) is 3.48. The van der Waals surface area contributed by atoms with E-state index >= 15 is 0 Å². The lowest BCUT2D eigenvalue weighted by Gasteiger charge is -2.18. The molecule has 0 nitrogen and oxygen atoms in total. The topological polar surface area (TPSA) is 0 Å². The Labute approximate surface area is 170 Å². The van der Waals surface area contributed by atoms with Gasteiger partial charge in [-0.2, -0.15) is 0 Å². The maximum absolute atomic E-state index is 2.31. The van der Waals surface area contributed by atoms with Crippen molar-refractivity contribution in [2.24, 2.45) is 0 Å². The van der Waals surface area contributed by atoms with Gasteiger partial charge in [0.25, 0.3) is 0 Å². The third-order valence-electron chi connectivity index (χ3n) is 6.23. The first-order valence-electron chi connectivity index (χ1n) is 10.1. The van der Waals surface area contributed by atoms with Gasteiger partial charge in [0.2, 0.25) is 0 Å². The third kappa shape index (κ3) is 2.33. The molecule has 0 bridgehead atoms. The lowest BCUT2D eigenvalue weighted by atomic mass is 9.85. The minimum Gasteiger partial charge on any atom is -0.0616 e. The summed E-state index contributed by atoms with van der Waals surface area (Å²) < 4.78 is 0. The molecular weight excluding hydrogens is 348 g/mol. The van der Waals surface area contributed by atoms with Crippen molar-refractivity contribution in [2.45, 2.75) is 6.92 Å². The highest BCUT2D eigenvalue weighted by Crippen LogP contribution is 2.43. The second-order valence-electron chi connectivity index (χ2n) is 7.78. The van der Waals surface area contributed by atoms with Crippen molar-refractivity contribution in [2.75, 3.05) is 0 Å². The Morgan fingerprint density at radius 3 is 1.79 bits per heavy atom. The molecule has 0 amide bonds. The molecule has 6 rings (SSSR count). The zero-order valence-corrected chi connectivity index (χ0v) is 16.3. The van der Waals surface area contributed by atoms with Crippen LogP contribution in [0.4, 0.5) is 0 Å². The highest BCUT2D eigenvalue weighted by molar-refractivity contribution is 6.24. The number of hydrogen-bond donors (Lipinski definition) is 0. The smallest absolute Gasteiger partial charge is 0.00202 e. The fourth-order valence-electron chi connectivity index (χ4n) is 4.93. The molecule has 29 heavy (non-hydrogen) atoms. The van der Waals surface area contributed by atoms with Crippen molar-refractivity contribution in [3.63, 3.8) is 0 Å². The van der Waals surface area contributed by atoms with Crippen LogP contribution in [0, 0.1) is 6.92 Å². The molecule has 0 aromatic heterocycles. The number of hydrogen-bond acceptors (Lipinski definition) is 0. The van der Waals surface area contributed by atoms with Gasteiger partial charge in [-0.15, -0.1) is 0 Å². The zero-order valence-electron chi connectivity index (χ0n) is 16.3. The molecule has 0 aliphatic rings. The maximum atomic E-state index is 2.31. The molecule has 0 fully saturated rings. The van der Waals surface area contributed by atoms with E-state index in [2.05, 4.69) is 110 Å². The molecule has 0 heteroatoms. The van der Waals surface area contributed by atoms with Crippen LogP contribution in [0.5, 0.6) is 0 Å². The predicted molar refractivity (Wildman–Crippen MR) is 127 cm³/mol. The van der Waals surface area contributed by atoms with Gasteiger partial charge in [0.1, 0.15) is 0 Å². The maximum Gasteiger partial charge on any atom is -0.00202 e. The van der Waals surface area contributed by atoms with Gasteiger partial charge in [-0.3, -0.25) is 0 Å². The van der Waals surface area contributed by atoms with Crippen LogP contribution in [0.25, 0.3) is 54.2 Å². The summed E-state index contributed by atoms with van der Waals surface area (Å²) in [4.78, 5) is 0. The van der Waals surface area contributed by atoms with Gasteiger partial charge in [-0.05, 0) is 66.7 Å². The summed E-state index contributed by atoms with van der Waals surface area (Å²) in [5.74, 6) is 0. The first-order valence-corrected chi connectivity index (χ1v) is 10.1. The number of aryl methyl sites for hydroxylation is 1. The average molecular weight is 368 g/mol. The summed E-state index contributed by atoms with van der Waals surface area (Å²) >= 11 is 0. The van der Waals surface area contributed by atoms with Gasteiger partial charge in [-0.1, -0.05) is 103 Å². The van der Waals surface area contributed by atoms with Crippen LogP contribution in [0.1, 0.15) is 5.56 Å². The van der Waals surface area contributed by atoms with E-state index in [1.807, 2.05) is 0 Å². The quantitative estimate of drug-likeness (QED) is 0.202. The molecule has 0 saturated carbocycles. The van der Waals surface area contributed by atoms with Crippen LogP contribution in [-0.4, -0.2) is 0 Å². The molecular formula is C29H20. The molecule has 0 aliphatic carbocycles. The van der Waals surface area contributed by atoms with Crippen LogP contribution in [0.15, 0.2) is 103 Å². The van der Waals surface area contributed by atoms with E-state index in [-0.39, 0.29) is 0 Å². The van der Waals surface area contributed by atoms with Crippen LogP contribution >= 0.6 is 0 Å². The van der Waals surface area contributed by atoms with E-state index in [4.69, 9.17) is 0 Å². The molecule has 0 spiro atoms. The van der Waals surface area contributed by atoms with E-state index in [9.17, 15) is 0 Å². The summed E-state index contributed by atoms with van der Waals surface area (Å²) in [6.45, 7) is 2.27. The normalized spacial score (nSPS) is 11.6. The fourth-order valence-corrected chi connectivity index (χ4v) is 4.93. The largest absolute Gasteiger partial charge is 0.0616 e. The van der Waals surface area contributed by atoms with Gasteiger partial charge < -0.3 is 0 Å². The SMILES string of the molecule is Cc1c2ccccc2c(-c2cccc3ccccc23)c2ccc3ccccc3c12. The highest BCUT2D eigenvalue weighted by atomic mass is 14.2. The van der Waals surface area contributed by atoms with Crippen LogP contribution in [0.3, 0.4) is 0 Å². The Hall–Kier alpha value is -3.64. The summed E-state index contributed by atoms with van der Waals surface area (Å²) in [6, 6.07) is 37.5. The van der Waals surface area contributed by atoms with Gasteiger partial charge in [0, 0.05) is 0 Å². The molecule has 6 aromatic rings. The third-order valence-corrected chi connectivity index (χ3v) is 6.23. The van der Waals surface area contributed by atoms with E-state index < -0.39 is 0 Å². The monoisotopic (exact) mass is 368 g/mol. The zero-order chi connectivity index (χ0) is 19.4. The minimum atomic E-state index is 1.28. The number of fused-ring (bicyclic) bond motifs is 5. The molecule has 0 aliphatic heterocycles. The van der Waals surface area contributed by atoms with Gasteiger partial charge >= 0.3 is 0 Å². The van der Waals surface area contributed by atoms with E-state index in [1.165, 1.54) is 59.8 Å². The van der Waals surface area contributed by atoms with E-state index in [0.717, 1.165) is 0 Å². The van der Waals surface area contributed by atoms with Gasteiger partial charge in [0.05, 0.1) is 0 Å². The van der Waals surface area contributed by atoms with Crippen LogP contribution in [0.2, 0.25) is 0 Å². The molecule has 6 aromatic carbocycles. The Balaban J connectivity index is 1.92. The second kappa shape index (κ2) is 6.18. The molecule has 0 atom stereocenters. The van der Waals surface area contributed by atoms with Gasteiger partial charge in [-0.25, -0.2) is 0 Å². The number of benzene rings is 6. The Morgan fingerprint density at radius 1 is 0.414 bits per heavy atom. The van der Waals surface area contributed by atoms with E-state index in [1.54, 1.807) is 0 Å². The lowest BCUT2D eigenvalue weighted by molar-refractivity contribution is 1.59. The summed E-state index contributed by atoms with van der Waals surface area (Å²) in [7, 11) is 0. The van der Waals surface area contributed by atoms with Crippen molar-refractivity contribution in [3.05, 3.63) is 109 Å². The molecule has 0 saturated heterocycles. The van der Waals surface area contributed by atoms with E-state index in [0.29, 0.717) is 0 Å². The van der Waals surface area contributed by atoms with Crippen LogP contribution < -0.4 is 0 Å². The standard InChI is InChI=1S/C29H20/c1-19-22-12-6-7-15-25(22)29(26-16-8-11-20-9-2-4-13-23(20)26)27-18-17-21-10-3-5-14-24(21)28(19)27/h2-18H,1H3. The predicted octanol–water partition coefficient (Wildman–Crippen LogP) is 8.27. The first kappa shape index (κ1) is 16.3. The van der Waals surface area contributed by atoms with Crippen molar-refractivity contribution in [1.29, 1.82) is 0 Å². The highest BCUT2D eigenvalue weighted by Gasteiger charge is 2.16. The summed E-state index contributed by atoms with van der Waals surface area (Å²) in [5.41, 5.74) is 4.00. The fraction of sp³-hybridized carbons (Fsp3) is 0.0345. The average Bonchev–Trinajstić information content (AvgIpc) is 2.79. The molecule has 0 radical (unpaired) electrons.